The highest BCUT2D eigenvalue weighted by molar-refractivity contribution is 5.78. The van der Waals surface area contributed by atoms with Gasteiger partial charge < -0.3 is 24.2 Å². The first kappa shape index (κ1) is 28.0. The first-order valence-electron chi connectivity index (χ1n) is 14.8. The number of methoxy groups -OCH3 is 1. The molecular formula is C33H45NO5. The summed E-state index contributed by atoms with van der Waals surface area (Å²) in [6.45, 7) is 5.36. The number of carbonyl (C=O) groups excluding carboxylic acids is 1. The van der Waals surface area contributed by atoms with Crippen LogP contribution in [0, 0.1) is 17.3 Å². The summed E-state index contributed by atoms with van der Waals surface area (Å²) in [5.41, 5.74) is 1.63. The number of hydrogen-bond acceptors (Lipinski definition) is 5. The van der Waals surface area contributed by atoms with E-state index in [0.717, 1.165) is 47.3 Å². The van der Waals surface area contributed by atoms with Crippen LogP contribution in [0.5, 0.6) is 11.5 Å². The van der Waals surface area contributed by atoms with Gasteiger partial charge in [0, 0.05) is 24.4 Å². The van der Waals surface area contributed by atoms with Crippen molar-refractivity contribution in [2.75, 3.05) is 26.8 Å². The summed E-state index contributed by atoms with van der Waals surface area (Å²) in [6, 6.07) is 16.0. The number of fused-ring (bicyclic) bond motifs is 1. The minimum Gasteiger partial charge on any atom is -0.493 e. The van der Waals surface area contributed by atoms with E-state index in [2.05, 4.69) is 19.1 Å². The van der Waals surface area contributed by atoms with E-state index in [1.807, 2.05) is 48.2 Å². The Morgan fingerprint density at radius 2 is 1.82 bits per heavy atom. The zero-order valence-corrected chi connectivity index (χ0v) is 23.8. The van der Waals surface area contributed by atoms with Crippen LogP contribution in [0.2, 0.25) is 0 Å². The van der Waals surface area contributed by atoms with E-state index in [1.54, 1.807) is 7.11 Å². The normalized spacial score (nSPS) is 29.5. The summed E-state index contributed by atoms with van der Waals surface area (Å²) in [7, 11) is 1.69. The van der Waals surface area contributed by atoms with Gasteiger partial charge in [0.2, 0.25) is 5.91 Å². The third-order valence-corrected chi connectivity index (χ3v) is 9.75. The molecule has 3 aliphatic rings. The van der Waals surface area contributed by atoms with Crippen LogP contribution >= 0.6 is 0 Å². The van der Waals surface area contributed by atoms with Gasteiger partial charge in [0.05, 0.1) is 25.9 Å². The van der Waals surface area contributed by atoms with Gasteiger partial charge >= 0.3 is 0 Å². The van der Waals surface area contributed by atoms with Gasteiger partial charge in [-0.2, -0.15) is 0 Å². The average Bonchev–Trinajstić information content (AvgIpc) is 3.32. The fourth-order valence-corrected chi connectivity index (χ4v) is 7.16. The zero-order valence-electron chi connectivity index (χ0n) is 23.8. The van der Waals surface area contributed by atoms with Crippen LogP contribution in [0.25, 0.3) is 0 Å². The lowest BCUT2D eigenvalue weighted by molar-refractivity contribution is -0.136. The molecule has 1 saturated heterocycles. The van der Waals surface area contributed by atoms with E-state index >= 15 is 0 Å². The standard InChI is InChI=1S/C33H45NO5/c1-23(35)33(2)22-34(32(36)21-38-20-24-9-5-4-6-10-24)19-29(33)27-14-16-30(37-3)31(18-27)39-28-15-13-25-11-7-8-12-26(25)17-28/h4-6,9-10,14,16,18,23,25-26,28-29,35H,7-8,11-13,15,17,19-22H2,1-3H3/t23-,25?,26?,28?,29?,33?/m1/s1. The van der Waals surface area contributed by atoms with Gasteiger partial charge in [0.1, 0.15) is 6.61 Å². The SMILES string of the molecule is COc1ccc(C2CN(C(=O)COCc3ccccc3)CC2(C)[C@@H](C)O)cc1OC1CCC2CCCCC2C1. The number of nitrogens with zero attached hydrogens (tertiary/aromatic N) is 1. The van der Waals surface area contributed by atoms with Gasteiger partial charge in [-0.3, -0.25) is 4.79 Å². The van der Waals surface area contributed by atoms with Crippen LogP contribution < -0.4 is 9.47 Å². The lowest BCUT2D eigenvalue weighted by Crippen LogP contribution is -2.38. The lowest BCUT2D eigenvalue weighted by Gasteiger charge is -2.39. The molecule has 1 aliphatic heterocycles. The minimum absolute atomic E-state index is 0.0261. The molecular weight excluding hydrogens is 490 g/mol. The minimum atomic E-state index is -0.585. The molecule has 5 unspecified atom stereocenters. The van der Waals surface area contributed by atoms with Crippen LogP contribution in [0.4, 0.5) is 0 Å². The van der Waals surface area contributed by atoms with Crippen molar-refractivity contribution in [1.82, 2.24) is 4.90 Å². The van der Waals surface area contributed by atoms with Gasteiger partial charge in [-0.05, 0) is 61.3 Å². The molecule has 0 aromatic heterocycles. The molecule has 1 heterocycles. The van der Waals surface area contributed by atoms with Crippen LogP contribution in [0.3, 0.4) is 0 Å². The summed E-state index contributed by atoms with van der Waals surface area (Å²) >= 11 is 0. The van der Waals surface area contributed by atoms with Gasteiger partial charge in [0.25, 0.3) is 0 Å². The molecule has 6 nitrogen and oxygen atoms in total. The van der Waals surface area contributed by atoms with Crippen molar-refractivity contribution in [2.24, 2.45) is 17.3 Å². The van der Waals surface area contributed by atoms with Crippen molar-refractivity contribution >= 4 is 5.91 Å². The molecule has 3 fully saturated rings. The summed E-state index contributed by atoms with van der Waals surface area (Å²) in [5.74, 6) is 3.09. The van der Waals surface area contributed by atoms with E-state index in [-0.39, 0.29) is 24.5 Å². The Bertz CT molecular complexity index is 1100. The molecule has 0 spiro atoms. The summed E-state index contributed by atoms with van der Waals surface area (Å²) in [5, 5.41) is 10.9. The first-order valence-corrected chi connectivity index (χ1v) is 14.8. The number of likely N-dealkylation sites (tertiary alicyclic amines) is 1. The largest absolute Gasteiger partial charge is 0.493 e. The lowest BCUT2D eigenvalue weighted by atomic mass is 9.70. The van der Waals surface area contributed by atoms with Crippen molar-refractivity contribution in [1.29, 1.82) is 0 Å². The number of benzene rings is 2. The summed E-state index contributed by atoms with van der Waals surface area (Å²) in [4.78, 5) is 15.0. The third-order valence-electron chi connectivity index (χ3n) is 9.75. The van der Waals surface area contributed by atoms with Crippen LogP contribution in [-0.4, -0.2) is 54.9 Å². The van der Waals surface area contributed by atoms with Crippen molar-refractivity contribution < 1.29 is 24.1 Å². The zero-order chi connectivity index (χ0) is 27.4. The van der Waals surface area contributed by atoms with Crippen LogP contribution in [-0.2, 0) is 16.1 Å². The Balaban J connectivity index is 1.28. The number of hydrogen-bond donors (Lipinski definition) is 1. The smallest absolute Gasteiger partial charge is 0.248 e. The summed E-state index contributed by atoms with van der Waals surface area (Å²) in [6.07, 6.45) is 8.52. The van der Waals surface area contributed by atoms with Gasteiger partial charge in [-0.1, -0.05) is 69.0 Å². The number of aliphatic hydroxyl groups is 1. The molecule has 2 aliphatic carbocycles. The second-order valence-electron chi connectivity index (χ2n) is 12.3. The van der Waals surface area contributed by atoms with Crippen LogP contribution in [0.15, 0.2) is 48.5 Å². The van der Waals surface area contributed by atoms with E-state index in [4.69, 9.17) is 14.2 Å². The second kappa shape index (κ2) is 12.3. The Hall–Kier alpha value is -2.57. The number of amides is 1. The van der Waals surface area contributed by atoms with E-state index in [9.17, 15) is 9.90 Å². The van der Waals surface area contributed by atoms with Gasteiger partial charge in [-0.25, -0.2) is 0 Å². The molecule has 2 aromatic rings. The number of rotatable bonds is 9. The van der Waals surface area contributed by atoms with Gasteiger partial charge in [0.15, 0.2) is 11.5 Å². The van der Waals surface area contributed by atoms with Crippen molar-refractivity contribution in [2.45, 2.75) is 83.5 Å². The average molecular weight is 536 g/mol. The number of ether oxygens (including phenoxy) is 3. The highest BCUT2D eigenvalue weighted by Gasteiger charge is 2.48. The Morgan fingerprint density at radius 1 is 1.05 bits per heavy atom. The van der Waals surface area contributed by atoms with E-state index in [0.29, 0.717) is 19.7 Å². The van der Waals surface area contributed by atoms with Crippen LogP contribution in [0.1, 0.15) is 75.8 Å². The molecule has 1 amide bonds. The van der Waals surface area contributed by atoms with Crippen molar-refractivity contribution in [3.63, 3.8) is 0 Å². The number of aliphatic hydroxyl groups excluding tert-OH is 1. The Labute approximate surface area is 233 Å². The quantitative estimate of drug-likeness (QED) is 0.429. The maximum absolute atomic E-state index is 13.1. The maximum atomic E-state index is 13.1. The molecule has 0 bridgehead atoms. The first-order chi connectivity index (χ1) is 18.9. The van der Waals surface area contributed by atoms with E-state index in [1.165, 1.54) is 32.1 Å². The molecule has 2 aromatic carbocycles. The van der Waals surface area contributed by atoms with Crippen molar-refractivity contribution in [3.8, 4) is 11.5 Å². The highest BCUT2D eigenvalue weighted by atomic mass is 16.5. The fraction of sp³-hybridized carbons (Fsp3) is 0.606. The van der Waals surface area contributed by atoms with Gasteiger partial charge in [-0.15, -0.1) is 0 Å². The monoisotopic (exact) mass is 535 g/mol. The predicted molar refractivity (Wildman–Crippen MR) is 152 cm³/mol. The molecule has 6 atom stereocenters. The maximum Gasteiger partial charge on any atom is 0.248 e. The highest BCUT2D eigenvalue weighted by Crippen LogP contribution is 2.48. The Kier molecular flexibility index (Phi) is 8.82. The molecule has 212 valence electrons. The second-order valence-corrected chi connectivity index (χ2v) is 12.3. The predicted octanol–water partition coefficient (Wildman–Crippen LogP) is 5.96. The molecule has 2 saturated carbocycles. The Morgan fingerprint density at radius 3 is 2.56 bits per heavy atom. The molecule has 39 heavy (non-hydrogen) atoms. The summed E-state index contributed by atoms with van der Waals surface area (Å²) < 4.78 is 18.1. The molecule has 1 N–H and O–H groups in total. The topological polar surface area (TPSA) is 68.2 Å². The fourth-order valence-electron chi connectivity index (χ4n) is 7.16. The number of carbonyl (C=O) groups is 1. The molecule has 5 rings (SSSR count). The van der Waals surface area contributed by atoms with Crippen molar-refractivity contribution in [3.05, 3.63) is 59.7 Å². The molecule has 6 heteroatoms. The van der Waals surface area contributed by atoms with E-state index < -0.39 is 11.5 Å². The molecule has 0 radical (unpaired) electrons. The third kappa shape index (κ3) is 6.28.